The minimum Gasteiger partial charge on any atom is -0.327 e. The summed E-state index contributed by atoms with van der Waals surface area (Å²) in [6.07, 6.45) is 2.25. The van der Waals surface area contributed by atoms with Crippen molar-refractivity contribution in [3.8, 4) is 0 Å². The molecule has 0 bridgehead atoms. The van der Waals surface area contributed by atoms with Crippen molar-refractivity contribution in [3.05, 3.63) is 70.0 Å². The standard InChI is InChI=1S/C17H19ClFN/c1-2-12-6-8-13(9-7-12)10-15(20)11-14-4-3-5-16(18)17(14)19/h3-9,15H,2,10-11,20H2,1H3. The molecule has 0 radical (unpaired) electrons. The van der Waals surface area contributed by atoms with Crippen LogP contribution in [-0.2, 0) is 19.3 Å². The first-order chi connectivity index (χ1) is 9.60. The molecule has 0 aliphatic heterocycles. The van der Waals surface area contributed by atoms with E-state index in [-0.39, 0.29) is 16.9 Å². The average Bonchev–Trinajstić information content (AvgIpc) is 2.45. The number of nitrogens with two attached hydrogens (primary N) is 1. The second-order valence-electron chi connectivity index (χ2n) is 5.05. The van der Waals surface area contributed by atoms with Crippen molar-refractivity contribution >= 4 is 11.6 Å². The fraction of sp³-hybridized carbons (Fsp3) is 0.294. The van der Waals surface area contributed by atoms with Crippen LogP contribution in [0, 0.1) is 5.82 Å². The quantitative estimate of drug-likeness (QED) is 0.880. The molecule has 1 nitrogen and oxygen atoms in total. The highest BCUT2D eigenvalue weighted by Gasteiger charge is 2.11. The Kier molecular flexibility index (Phi) is 5.16. The zero-order valence-electron chi connectivity index (χ0n) is 11.6. The maximum Gasteiger partial charge on any atom is 0.145 e. The van der Waals surface area contributed by atoms with Gasteiger partial charge in [0.1, 0.15) is 5.82 Å². The number of hydrogen-bond donors (Lipinski definition) is 1. The van der Waals surface area contributed by atoms with E-state index in [9.17, 15) is 4.39 Å². The molecule has 2 N–H and O–H groups in total. The van der Waals surface area contributed by atoms with Crippen molar-refractivity contribution in [3.63, 3.8) is 0 Å². The van der Waals surface area contributed by atoms with E-state index in [1.165, 1.54) is 11.1 Å². The van der Waals surface area contributed by atoms with Gasteiger partial charge in [0, 0.05) is 6.04 Å². The second-order valence-corrected chi connectivity index (χ2v) is 5.46. The van der Waals surface area contributed by atoms with Crippen molar-refractivity contribution in [2.75, 3.05) is 0 Å². The van der Waals surface area contributed by atoms with Gasteiger partial charge in [0.05, 0.1) is 5.02 Å². The van der Waals surface area contributed by atoms with Gasteiger partial charge in [0.15, 0.2) is 0 Å². The van der Waals surface area contributed by atoms with Gasteiger partial charge in [-0.15, -0.1) is 0 Å². The first-order valence-electron chi connectivity index (χ1n) is 6.86. The molecule has 0 heterocycles. The van der Waals surface area contributed by atoms with Gasteiger partial charge >= 0.3 is 0 Å². The van der Waals surface area contributed by atoms with Gasteiger partial charge in [-0.05, 0) is 42.0 Å². The first-order valence-corrected chi connectivity index (χ1v) is 7.24. The van der Waals surface area contributed by atoms with E-state index >= 15 is 0 Å². The molecule has 0 amide bonds. The lowest BCUT2D eigenvalue weighted by Crippen LogP contribution is -2.26. The predicted octanol–water partition coefficient (Wildman–Crippen LogP) is 4.15. The minimum atomic E-state index is -0.356. The molecule has 0 aromatic heterocycles. The molecule has 1 atom stereocenters. The van der Waals surface area contributed by atoms with Crippen LogP contribution in [0.15, 0.2) is 42.5 Å². The lowest BCUT2D eigenvalue weighted by atomic mass is 9.98. The molecular formula is C17H19ClFN. The van der Waals surface area contributed by atoms with Crippen LogP contribution in [0.5, 0.6) is 0 Å². The predicted molar refractivity (Wildman–Crippen MR) is 82.6 cm³/mol. The van der Waals surface area contributed by atoms with Gasteiger partial charge < -0.3 is 5.73 Å². The Labute approximate surface area is 124 Å². The molecule has 106 valence electrons. The third kappa shape index (κ3) is 3.81. The van der Waals surface area contributed by atoms with Crippen LogP contribution in [-0.4, -0.2) is 6.04 Å². The summed E-state index contributed by atoms with van der Waals surface area (Å²) in [7, 11) is 0. The molecule has 0 aliphatic carbocycles. The van der Waals surface area contributed by atoms with Crippen LogP contribution < -0.4 is 5.73 Å². The van der Waals surface area contributed by atoms with E-state index in [1.807, 2.05) is 0 Å². The zero-order chi connectivity index (χ0) is 14.5. The summed E-state index contributed by atoms with van der Waals surface area (Å²) in [6, 6.07) is 13.3. The number of benzene rings is 2. The summed E-state index contributed by atoms with van der Waals surface area (Å²) in [5.74, 6) is -0.356. The van der Waals surface area contributed by atoms with Crippen LogP contribution in [0.1, 0.15) is 23.6 Å². The largest absolute Gasteiger partial charge is 0.327 e. The normalized spacial score (nSPS) is 12.4. The third-order valence-electron chi connectivity index (χ3n) is 3.44. The van der Waals surface area contributed by atoms with Crippen molar-refractivity contribution in [2.45, 2.75) is 32.2 Å². The van der Waals surface area contributed by atoms with E-state index in [1.54, 1.807) is 18.2 Å². The van der Waals surface area contributed by atoms with E-state index in [0.717, 1.165) is 12.8 Å². The summed E-state index contributed by atoms with van der Waals surface area (Å²) in [5, 5.41) is 0.155. The molecule has 2 aromatic carbocycles. The van der Waals surface area contributed by atoms with Gasteiger partial charge in [0.25, 0.3) is 0 Å². The van der Waals surface area contributed by atoms with Crippen LogP contribution >= 0.6 is 11.6 Å². The SMILES string of the molecule is CCc1ccc(CC(N)Cc2cccc(Cl)c2F)cc1. The number of hydrogen-bond acceptors (Lipinski definition) is 1. The van der Waals surface area contributed by atoms with Crippen molar-refractivity contribution in [1.29, 1.82) is 0 Å². The summed E-state index contributed by atoms with van der Waals surface area (Å²) in [5.41, 5.74) is 9.18. The lowest BCUT2D eigenvalue weighted by Gasteiger charge is -2.13. The van der Waals surface area contributed by atoms with Gasteiger partial charge in [-0.25, -0.2) is 4.39 Å². The molecule has 3 heteroatoms. The fourth-order valence-corrected chi connectivity index (χ4v) is 2.47. The smallest absolute Gasteiger partial charge is 0.145 e. The number of halogens is 2. The van der Waals surface area contributed by atoms with Gasteiger partial charge in [0.2, 0.25) is 0 Å². The molecular weight excluding hydrogens is 273 g/mol. The van der Waals surface area contributed by atoms with Crippen LogP contribution in [0.2, 0.25) is 5.02 Å². The topological polar surface area (TPSA) is 26.0 Å². The Bertz CT molecular complexity index is 566. The summed E-state index contributed by atoms with van der Waals surface area (Å²) in [6.45, 7) is 2.13. The van der Waals surface area contributed by atoms with Crippen LogP contribution in [0.25, 0.3) is 0 Å². The minimum absolute atomic E-state index is 0.115. The zero-order valence-corrected chi connectivity index (χ0v) is 12.3. The number of rotatable bonds is 5. The Morgan fingerprint density at radius 1 is 1.05 bits per heavy atom. The van der Waals surface area contributed by atoms with E-state index < -0.39 is 0 Å². The van der Waals surface area contributed by atoms with E-state index in [4.69, 9.17) is 17.3 Å². The molecule has 0 saturated carbocycles. The van der Waals surface area contributed by atoms with Crippen molar-refractivity contribution in [2.24, 2.45) is 5.73 Å². The average molecular weight is 292 g/mol. The molecule has 2 aromatic rings. The highest BCUT2D eigenvalue weighted by Crippen LogP contribution is 2.19. The molecule has 2 rings (SSSR count). The fourth-order valence-electron chi connectivity index (χ4n) is 2.27. The van der Waals surface area contributed by atoms with Crippen molar-refractivity contribution < 1.29 is 4.39 Å². The molecule has 20 heavy (non-hydrogen) atoms. The highest BCUT2D eigenvalue weighted by atomic mass is 35.5. The van der Waals surface area contributed by atoms with E-state index in [0.29, 0.717) is 12.0 Å². The maximum atomic E-state index is 13.8. The Morgan fingerprint density at radius 2 is 1.70 bits per heavy atom. The van der Waals surface area contributed by atoms with Gasteiger partial charge in [-0.3, -0.25) is 0 Å². The lowest BCUT2D eigenvalue weighted by molar-refractivity contribution is 0.584. The molecule has 0 aliphatic rings. The second kappa shape index (κ2) is 6.87. The Balaban J connectivity index is 2.01. The monoisotopic (exact) mass is 291 g/mol. The Morgan fingerprint density at radius 3 is 2.35 bits per heavy atom. The number of aryl methyl sites for hydroxylation is 1. The molecule has 0 fully saturated rings. The summed E-state index contributed by atoms with van der Waals surface area (Å²) < 4.78 is 13.8. The molecule has 1 unspecified atom stereocenters. The maximum absolute atomic E-state index is 13.8. The van der Waals surface area contributed by atoms with Crippen LogP contribution in [0.4, 0.5) is 4.39 Å². The summed E-state index contributed by atoms with van der Waals surface area (Å²) >= 11 is 5.78. The first kappa shape index (κ1) is 15.0. The van der Waals surface area contributed by atoms with Gasteiger partial charge in [-0.2, -0.15) is 0 Å². The molecule has 0 saturated heterocycles. The van der Waals surface area contributed by atoms with Crippen LogP contribution in [0.3, 0.4) is 0 Å². The molecule has 0 spiro atoms. The Hall–Kier alpha value is -1.38. The summed E-state index contributed by atoms with van der Waals surface area (Å²) in [4.78, 5) is 0. The third-order valence-corrected chi connectivity index (χ3v) is 3.73. The van der Waals surface area contributed by atoms with Crippen molar-refractivity contribution in [1.82, 2.24) is 0 Å². The highest BCUT2D eigenvalue weighted by molar-refractivity contribution is 6.30. The van der Waals surface area contributed by atoms with Gasteiger partial charge in [-0.1, -0.05) is 54.9 Å². The van der Waals surface area contributed by atoms with E-state index in [2.05, 4.69) is 31.2 Å².